The van der Waals surface area contributed by atoms with Crippen LogP contribution in [0.2, 0.25) is 5.15 Å². The van der Waals surface area contributed by atoms with Gasteiger partial charge in [0.15, 0.2) is 20.5 Å². The Labute approximate surface area is 720 Å². The number of nitro groups is 4. The van der Waals surface area contributed by atoms with Gasteiger partial charge in [0.2, 0.25) is 35.2 Å². The van der Waals surface area contributed by atoms with Crippen LogP contribution in [0.4, 0.5) is 62.6 Å². The van der Waals surface area contributed by atoms with Crippen LogP contribution in [0.3, 0.4) is 0 Å². The molecule has 14 rings (SSSR count). The second kappa shape index (κ2) is 43.9. The number of para-hydroxylation sites is 1. The van der Waals surface area contributed by atoms with E-state index in [0.717, 1.165) is 76.5 Å². The second-order valence-electron chi connectivity index (χ2n) is 27.6. The smallest absolute Gasteiger partial charge is 0.415 e. The molecule has 0 saturated carbocycles. The molecule has 45 heteroatoms. The Kier molecular flexibility index (Phi) is 35.2. The van der Waals surface area contributed by atoms with Crippen molar-refractivity contribution >= 4 is 162 Å². The minimum atomic E-state index is -0.814. The monoisotopic (exact) mass is 1800 g/mol. The molecular formula is C76H78B2Cl2F4N14O18S5. The number of likely N-dealkylation sites (tertiary alicyclic amines) is 1. The normalized spacial score (nSPS) is 14.7. The predicted octanol–water partition coefficient (Wildman–Crippen LogP) is 18.0. The van der Waals surface area contributed by atoms with Crippen molar-refractivity contribution in [2.75, 3.05) is 29.5 Å². The molecule has 0 spiro atoms. The van der Waals surface area contributed by atoms with E-state index in [4.69, 9.17) is 57.9 Å². The van der Waals surface area contributed by atoms with E-state index in [1.54, 1.807) is 77.2 Å². The van der Waals surface area contributed by atoms with E-state index in [2.05, 4.69) is 34.6 Å². The molecule has 1 atom stereocenters. The maximum Gasteiger partial charge on any atom is 0.640 e. The molecular weight excluding hydrogens is 1730 g/mol. The molecule has 13 heterocycles. The van der Waals surface area contributed by atoms with Crippen LogP contribution < -0.4 is 25.9 Å². The molecule has 3 aliphatic heterocycles. The Morgan fingerprint density at radius 1 is 0.570 bits per heavy atom. The number of nitrogens with two attached hydrogens (primary N) is 2. The molecule has 3 saturated heterocycles. The number of nitrogens with zero attached hydrogens (tertiary/aromatic N) is 12. The first-order chi connectivity index (χ1) is 56.8. The number of imide groups is 1. The number of rotatable bonds is 15. The van der Waals surface area contributed by atoms with Gasteiger partial charge >= 0.3 is 36.9 Å². The second-order valence-corrected chi connectivity index (χ2v) is 33.2. The third kappa shape index (κ3) is 28.5. The average molecular weight is 1800 g/mol. The molecule has 3 amide bonds. The molecule has 1 unspecified atom stereocenters. The first-order valence-electron chi connectivity index (χ1n) is 35.8. The van der Waals surface area contributed by atoms with Crippen LogP contribution in [0.15, 0.2) is 169 Å². The summed E-state index contributed by atoms with van der Waals surface area (Å²) in [7, 11) is -0.963. The summed E-state index contributed by atoms with van der Waals surface area (Å²) in [5, 5.41) is 46.0. The number of carbonyl (C=O) groups is 4. The number of amides is 3. The van der Waals surface area contributed by atoms with Crippen molar-refractivity contribution in [2.45, 2.75) is 130 Å². The van der Waals surface area contributed by atoms with Gasteiger partial charge in [0.1, 0.15) is 22.4 Å². The van der Waals surface area contributed by atoms with Crippen molar-refractivity contribution in [3.8, 4) is 37.5 Å². The van der Waals surface area contributed by atoms with Gasteiger partial charge in [0.05, 0.1) is 80.2 Å². The van der Waals surface area contributed by atoms with E-state index >= 15 is 0 Å². The highest BCUT2D eigenvalue weighted by Gasteiger charge is 2.54. The lowest BCUT2D eigenvalue weighted by atomic mass is 9.88. The van der Waals surface area contributed by atoms with Crippen molar-refractivity contribution in [3.05, 3.63) is 246 Å². The van der Waals surface area contributed by atoms with Crippen LogP contribution in [0, 0.1) is 61.0 Å². The van der Waals surface area contributed by atoms with Crippen LogP contribution in [0.1, 0.15) is 107 Å². The van der Waals surface area contributed by atoms with Crippen molar-refractivity contribution in [3.63, 3.8) is 0 Å². The largest absolute Gasteiger partial charge is 0.640 e. The first-order valence-corrected chi connectivity index (χ1v) is 40.7. The molecule has 32 nitrogen and oxygen atoms in total. The molecule has 4 N–H and O–H groups in total. The Balaban J connectivity index is 0.000000198. The van der Waals surface area contributed by atoms with Gasteiger partial charge in [-0.2, -0.15) is 28.9 Å². The summed E-state index contributed by atoms with van der Waals surface area (Å²) < 4.78 is 85.7. The minimum absolute atomic E-state index is 0.0449. The Morgan fingerprint density at radius 3 is 1.42 bits per heavy atom. The zero-order chi connectivity index (χ0) is 89.4. The van der Waals surface area contributed by atoms with Crippen molar-refractivity contribution in [1.29, 1.82) is 0 Å². The minimum Gasteiger partial charge on any atom is -0.415 e. The van der Waals surface area contributed by atoms with Gasteiger partial charge in [-0.05, 0) is 177 Å². The number of halogens is 6. The summed E-state index contributed by atoms with van der Waals surface area (Å²) >= 11 is 15.8. The Bertz CT molecular complexity index is 5330. The summed E-state index contributed by atoms with van der Waals surface area (Å²) in [6, 6.07) is 36.5. The van der Waals surface area contributed by atoms with Gasteiger partial charge < -0.3 is 44.4 Å². The first kappa shape index (κ1) is 97.0. The number of benzene rings is 1. The summed E-state index contributed by atoms with van der Waals surface area (Å²) in [5.74, 6) is -1.15. The lowest BCUT2D eigenvalue weighted by Gasteiger charge is -2.32. The number of hydrogen-bond donors (Lipinski definition) is 2. The van der Waals surface area contributed by atoms with E-state index in [9.17, 15) is 77.2 Å². The number of hydrogen-bond acceptors (Lipinski definition) is 31. The molecule has 11 aromatic rings. The molecule has 0 aliphatic carbocycles. The van der Waals surface area contributed by atoms with Gasteiger partial charge in [-0.1, -0.05) is 41.9 Å². The van der Waals surface area contributed by atoms with Crippen LogP contribution in [0.25, 0.3) is 31.7 Å². The predicted molar refractivity (Wildman–Crippen MR) is 456 cm³/mol. The number of aromatic nitrogens is 6. The average Bonchev–Trinajstić information content (AvgIpc) is 1.61. The molecule has 0 bridgehead atoms. The fourth-order valence-corrected chi connectivity index (χ4v) is 13.8. The maximum atomic E-state index is 13.3. The number of carbonyl (C=O) groups excluding carboxylic acids is 4. The highest BCUT2D eigenvalue weighted by molar-refractivity contribution is 7.21. The van der Waals surface area contributed by atoms with Gasteiger partial charge in [-0.25, -0.2) is 39.6 Å². The molecule has 10 aromatic heterocycles. The lowest BCUT2D eigenvalue weighted by molar-refractivity contribution is -0.385. The Hall–Kier alpha value is -11.1. The third-order valence-electron chi connectivity index (χ3n) is 17.6. The summed E-state index contributed by atoms with van der Waals surface area (Å²) in [6.07, 6.45) is 3.99. The van der Waals surface area contributed by atoms with Gasteiger partial charge in [-0.15, -0.1) is 45.3 Å². The summed E-state index contributed by atoms with van der Waals surface area (Å²) in [6.45, 7) is 23.1. The molecule has 121 heavy (non-hydrogen) atoms. The van der Waals surface area contributed by atoms with Crippen molar-refractivity contribution in [1.82, 2.24) is 34.8 Å². The number of nitrogen functional groups attached to an aromatic ring is 2. The van der Waals surface area contributed by atoms with E-state index in [1.807, 2.05) is 98.2 Å². The quantitative estimate of drug-likeness (QED) is 0.0240. The zero-order valence-electron chi connectivity index (χ0n) is 66.5. The fraction of sp³-hybridized carbons (Fsp3) is 0.289. The topological polar surface area (TPSA) is 432 Å². The van der Waals surface area contributed by atoms with Crippen LogP contribution in [-0.2, 0) is 44.1 Å². The van der Waals surface area contributed by atoms with Crippen LogP contribution in [-0.4, -0.2) is 134 Å². The number of thiophene rings is 5. The van der Waals surface area contributed by atoms with Crippen LogP contribution >= 0.6 is 79.9 Å². The fourth-order valence-electron chi connectivity index (χ4n) is 10.3. The van der Waals surface area contributed by atoms with Gasteiger partial charge in [0.25, 0.3) is 5.69 Å². The number of ether oxygens (including phenoxy) is 1. The lowest BCUT2D eigenvalue weighted by Crippen LogP contribution is -2.41. The summed E-state index contributed by atoms with van der Waals surface area (Å²) in [4.78, 5) is 115. The van der Waals surface area contributed by atoms with Crippen molar-refractivity contribution in [2.24, 2.45) is 0 Å². The van der Waals surface area contributed by atoms with E-state index in [0.29, 0.717) is 55.6 Å². The SMILES string of the molecule is CC(=O)N(C(C)=O)c1nc(-c2ccc(F)s2)ccc1[N+](=O)[O-].CC(C)OB1OC(C)(C)C(C)(C)O1.CC1(C)OB(c2ccc(F)s2)OC1(C)C.Nc1nc(-c2ccc(F)s2)ccc1[N+](=O)[O-].Nc1nc(Cl)ccc1[N+](=O)[O-].O=C(Cc1nc(-c2ccc(F)s2)ccc1[N+](=O)[O-])N1CCC(c2ncccn2)C1.O=C(Cl)Oc1ccccc1.c1ccsc1. The summed E-state index contributed by atoms with van der Waals surface area (Å²) in [5.41, 5.74) is 8.44. The molecule has 0 radical (unpaired) electrons. The zero-order valence-corrected chi connectivity index (χ0v) is 72.1. The van der Waals surface area contributed by atoms with Crippen LogP contribution in [0.5, 0.6) is 5.75 Å². The van der Waals surface area contributed by atoms with Gasteiger partial charge in [0, 0.05) is 92.0 Å². The van der Waals surface area contributed by atoms with Crippen molar-refractivity contribution < 1.29 is 84.4 Å². The van der Waals surface area contributed by atoms with E-state index < -0.39 is 62.2 Å². The Morgan fingerprint density at radius 2 is 1.01 bits per heavy atom. The third-order valence-corrected chi connectivity index (χ3v) is 22.1. The molecule has 638 valence electrons. The van der Waals surface area contributed by atoms with E-state index in [-0.39, 0.29) is 113 Å². The molecule has 3 fully saturated rings. The standard InChI is InChI=1S/C19H16FN5O3S.C13H10FN3O4S.C10H14BFO2S.C9H19BO3.C9H6FN3O2S.C7H5ClO2.C5H4ClN3O2.C4H4S/c20-17-5-4-16(29-17)13-2-3-15(25(27)28)14(23-13)10-18(26)24-9-6-12(11-24)19-21-7-1-8-22-19;1-7(18)16(8(2)19)13-10(17(20)21)4-3-9(15-13)11-5-6-12(14)22-11;1-9(2)10(3,4)14-11(13-9)7-5-6-8(12)15-7;1-7(2)11-10-12-8(3,4)9(5,6)13-10;10-8-4-3-7(16-8)5-1-2-6(13(14)15)9(11)12-5;8-7(9)10-6-4-2-1-3-5-6;6-4-2-1-3(9(10)11)5(7)8-4;1-2-4-5-3-1/h1-5,7-8,12H,6,9-11H2;3-6H,1-2H3;5-6H,1-4H3;7H,1-6H3;1-4H,(H2,11,12);1-5H;1-2H,(H2,7,8);1-4H. The van der Waals surface area contributed by atoms with E-state index in [1.165, 1.54) is 72.8 Å². The molecule has 3 aliphatic rings. The molecule has 1 aromatic carbocycles. The highest BCUT2D eigenvalue weighted by atomic mass is 35.5. The maximum absolute atomic E-state index is 13.3. The van der Waals surface area contributed by atoms with Gasteiger partial charge in [-0.3, -0.25) is 54.8 Å². The number of pyridine rings is 4. The number of anilines is 3. The highest BCUT2D eigenvalue weighted by Crippen LogP contribution is 2.40.